The van der Waals surface area contributed by atoms with Crippen molar-refractivity contribution in [2.75, 3.05) is 21.3 Å². The Morgan fingerprint density at radius 1 is 1.35 bits per heavy atom. The molecule has 1 atom stereocenters. The molecule has 0 spiro atoms. The number of halogens is 2. The van der Waals surface area contributed by atoms with Crippen LogP contribution in [0.25, 0.3) is 0 Å². The number of likely N-dealkylation sites (N-methyl/N-ethyl adjacent to an activating group) is 1. The topological polar surface area (TPSA) is 30.5 Å². The number of methoxy groups -OCH3 is 2. The van der Waals surface area contributed by atoms with Crippen molar-refractivity contribution in [2.24, 2.45) is 0 Å². The summed E-state index contributed by atoms with van der Waals surface area (Å²) in [6.45, 7) is 0. The van der Waals surface area contributed by atoms with E-state index < -0.39 is 5.82 Å². The molecule has 0 heterocycles. The maximum atomic E-state index is 13.3. The van der Waals surface area contributed by atoms with Gasteiger partial charge < -0.3 is 14.8 Å². The van der Waals surface area contributed by atoms with Crippen molar-refractivity contribution in [3.05, 3.63) is 34.6 Å². The SMILES string of the molecule is CNC(Cc1ccc(Cl)c(F)c1)C(OC)OC. The fourth-order valence-corrected chi connectivity index (χ4v) is 1.80. The molecule has 0 aliphatic rings. The van der Waals surface area contributed by atoms with E-state index in [0.717, 1.165) is 5.56 Å². The van der Waals surface area contributed by atoms with Gasteiger partial charge in [0.1, 0.15) is 5.82 Å². The summed E-state index contributed by atoms with van der Waals surface area (Å²) in [4.78, 5) is 0. The highest BCUT2D eigenvalue weighted by molar-refractivity contribution is 6.30. The first-order valence-electron chi connectivity index (χ1n) is 5.29. The molecule has 0 saturated carbocycles. The third-order valence-electron chi connectivity index (χ3n) is 2.60. The summed E-state index contributed by atoms with van der Waals surface area (Å²) in [6.07, 6.45) is 0.218. The molecule has 1 aromatic carbocycles. The number of ether oxygens (including phenoxy) is 2. The Morgan fingerprint density at radius 3 is 2.47 bits per heavy atom. The minimum atomic E-state index is -0.412. The fourth-order valence-electron chi connectivity index (χ4n) is 1.68. The average molecular weight is 262 g/mol. The van der Waals surface area contributed by atoms with Gasteiger partial charge in [0, 0.05) is 14.2 Å². The molecular weight excluding hydrogens is 245 g/mol. The predicted octanol–water partition coefficient (Wildman–Crippen LogP) is 2.23. The lowest BCUT2D eigenvalue weighted by Crippen LogP contribution is -2.41. The van der Waals surface area contributed by atoms with E-state index in [2.05, 4.69) is 5.32 Å². The monoisotopic (exact) mass is 261 g/mol. The van der Waals surface area contributed by atoms with Crippen LogP contribution in [0.4, 0.5) is 4.39 Å². The van der Waals surface area contributed by atoms with Crippen LogP contribution in [-0.4, -0.2) is 33.6 Å². The average Bonchev–Trinajstić information content (AvgIpc) is 2.33. The molecule has 0 aliphatic heterocycles. The first kappa shape index (κ1) is 14.4. The highest BCUT2D eigenvalue weighted by Gasteiger charge is 2.19. The summed E-state index contributed by atoms with van der Waals surface area (Å²) in [5, 5.41) is 3.21. The molecule has 0 aliphatic carbocycles. The number of nitrogens with one attached hydrogen (secondary N) is 1. The molecule has 1 rings (SSSR count). The van der Waals surface area contributed by atoms with Crippen molar-refractivity contribution < 1.29 is 13.9 Å². The van der Waals surface area contributed by atoms with Crippen LogP contribution < -0.4 is 5.32 Å². The zero-order valence-electron chi connectivity index (χ0n) is 10.2. The molecular formula is C12H17ClFNO2. The maximum Gasteiger partial charge on any atom is 0.172 e. The van der Waals surface area contributed by atoms with Gasteiger partial charge in [-0.2, -0.15) is 0 Å². The summed E-state index contributed by atoms with van der Waals surface area (Å²) >= 11 is 5.63. The molecule has 5 heteroatoms. The van der Waals surface area contributed by atoms with Crippen molar-refractivity contribution in [3.8, 4) is 0 Å². The zero-order chi connectivity index (χ0) is 12.8. The van der Waals surface area contributed by atoms with Crippen LogP contribution in [-0.2, 0) is 15.9 Å². The smallest absolute Gasteiger partial charge is 0.172 e. The lowest BCUT2D eigenvalue weighted by molar-refractivity contribution is -0.121. The molecule has 0 saturated heterocycles. The van der Waals surface area contributed by atoms with E-state index in [1.807, 2.05) is 7.05 Å². The molecule has 0 radical (unpaired) electrons. The van der Waals surface area contributed by atoms with Crippen LogP contribution in [0.15, 0.2) is 18.2 Å². The minimum absolute atomic E-state index is 0.0504. The Labute approximate surface area is 106 Å². The third kappa shape index (κ3) is 3.92. The first-order valence-corrected chi connectivity index (χ1v) is 5.67. The van der Waals surface area contributed by atoms with Gasteiger partial charge in [0.25, 0.3) is 0 Å². The molecule has 96 valence electrons. The van der Waals surface area contributed by atoms with Gasteiger partial charge in [0.05, 0.1) is 11.1 Å². The summed E-state index contributed by atoms with van der Waals surface area (Å²) < 4.78 is 23.6. The van der Waals surface area contributed by atoms with Crippen LogP contribution >= 0.6 is 11.6 Å². The second-order valence-corrected chi connectivity index (χ2v) is 4.09. The minimum Gasteiger partial charge on any atom is -0.354 e. The fraction of sp³-hybridized carbons (Fsp3) is 0.500. The van der Waals surface area contributed by atoms with Gasteiger partial charge in [-0.15, -0.1) is 0 Å². The number of rotatable bonds is 6. The van der Waals surface area contributed by atoms with E-state index in [4.69, 9.17) is 21.1 Å². The van der Waals surface area contributed by atoms with Crippen LogP contribution in [0.3, 0.4) is 0 Å². The van der Waals surface area contributed by atoms with Gasteiger partial charge in [-0.1, -0.05) is 17.7 Å². The third-order valence-corrected chi connectivity index (χ3v) is 2.91. The van der Waals surface area contributed by atoms with Crippen molar-refractivity contribution >= 4 is 11.6 Å². The van der Waals surface area contributed by atoms with Gasteiger partial charge in [-0.05, 0) is 31.2 Å². The van der Waals surface area contributed by atoms with Crippen LogP contribution in [0.5, 0.6) is 0 Å². The number of benzene rings is 1. The summed E-state index contributed by atoms with van der Waals surface area (Å²) in [5.74, 6) is -0.412. The van der Waals surface area contributed by atoms with E-state index in [0.29, 0.717) is 6.42 Å². The van der Waals surface area contributed by atoms with E-state index in [9.17, 15) is 4.39 Å². The highest BCUT2D eigenvalue weighted by atomic mass is 35.5. The lowest BCUT2D eigenvalue weighted by Gasteiger charge is -2.24. The molecule has 1 aromatic rings. The Balaban J connectivity index is 2.76. The molecule has 17 heavy (non-hydrogen) atoms. The Hall–Kier alpha value is -0.680. The molecule has 3 nitrogen and oxygen atoms in total. The van der Waals surface area contributed by atoms with Crippen molar-refractivity contribution in [2.45, 2.75) is 18.8 Å². The summed E-state index contributed by atoms with van der Waals surface area (Å²) in [7, 11) is 4.95. The lowest BCUT2D eigenvalue weighted by atomic mass is 10.1. The normalized spacial score (nSPS) is 13.1. The van der Waals surface area contributed by atoms with E-state index >= 15 is 0 Å². The maximum absolute atomic E-state index is 13.3. The number of hydrogen-bond acceptors (Lipinski definition) is 3. The van der Waals surface area contributed by atoms with E-state index in [1.165, 1.54) is 6.07 Å². The van der Waals surface area contributed by atoms with E-state index in [1.54, 1.807) is 26.4 Å². The van der Waals surface area contributed by atoms with Crippen molar-refractivity contribution in [3.63, 3.8) is 0 Å². The molecule has 0 bridgehead atoms. The predicted molar refractivity (Wildman–Crippen MR) is 65.8 cm³/mol. The second-order valence-electron chi connectivity index (χ2n) is 3.69. The van der Waals surface area contributed by atoms with E-state index in [-0.39, 0.29) is 17.4 Å². The standard InChI is InChI=1S/C12H17ClFNO2/c1-15-11(12(16-2)17-3)7-8-4-5-9(13)10(14)6-8/h4-6,11-12,15H,7H2,1-3H3. The first-order chi connectivity index (χ1) is 8.12. The zero-order valence-corrected chi connectivity index (χ0v) is 10.9. The van der Waals surface area contributed by atoms with Gasteiger partial charge >= 0.3 is 0 Å². The molecule has 1 unspecified atom stereocenters. The Bertz CT molecular complexity index is 358. The van der Waals surface area contributed by atoms with Crippen molar-refractivity contribution in [1.29, 1.82) is 0 Å². The Morgan fingerprint density at radius 2 is 2.00 bits per heavy atom. The Kier molecular flexibility index (Phi) is 5.85. The van der Waals surface area contributed by atoms with Gasteiger partial charge in [-0.3, -0.25) is 0 Å². The van der Waals surface area contributed by atoms with Crippen LogP contribution in [0.2, 0.25) is 5.02 Å². The highest BCUT2D eigenvalue weighted by Crippen LogP contribution is 2.17. The largest absolute Gasteiger partial charge is 0.354 e. The molecule has 0 amide bonds. The second kappa shape index (κ2) is 6.91. The molecule has 0 fully saturated rings. The van der Waals surface area contributed by atoms with Crippen molar-refractivity contribution in [1.82, 2.24) is 5.32 Å². The van der Waals surface area contributed by atoms with Crippen LogP contribution in [0.1, 0.15) is 5.56 Å². The molecule has 0 aromatic heterocycles. The molecule has 1 N–H and O–H groups in total. The number of hydrogen-bond donors (Lipinski definition) is 1. The van der Waals surface area contributed by atoms with Gasteiger partial charge in [0.15, 0.2) is 6.29 Å². The van der Waals surface area contributed by atoms with Gasteiger partial charge in [0.2, 0.25) is 0 Å². The quantitative estimate of drug-likeness (QED) is 0.797. The summed E-state index contributed by atoms with van der Waals surface area (Å²) in [5.41, 5.74) is 0.838. The van der Waals surface area contributed by atoms with Gasteiger partial charge in [-0.25, -0.2) is 4.39 Å². The van der Waals surface area contributed by atoms with Crippen LogP contribution in [0, 0.1) is 5.82 Å². The summed E-state index contributed by atoms with van der Waals surface area (Å²) in [6, 6.07) is 4.71.